The van der Waals surface area contributed by atoms with Crippen LogP contribution in [0.4, 0.5) is 0 Å². The average molecular weight is 294 g/mol. The first kappa shape index (κ1) is 20.5. The Bertz CT molecular complexity index is 254. The van der Waals surface area contributed by atoms with Crippen LogP contribution in [0.15, 0.2) is 0 Å². The number of amides is 1. The summed E-state index contributed by atoms with van der Waals surface area (Å²) in [5.41, 5.74) is 15.4. The molecule has 2 atom stereocenters. The van der Waals surface area contributed by atoms with Gasteiger partial charge >= 0.3 is 5.97 Å². The highest BCUT2D eigenvalue weighted by atomic mass is 32.1. The Labute approximate surface area is 119 Å². The molecule has 0 aliphatic heterocycles. The molecule has 0 aliphatic carbocycles. The van der Waals surface area contributed by atoms with Crippen molar-refractivity contribution in [2.75, 3.05) is 19.3 Å². The average Bonchev–Trinajstić information content (AvgIpc) is 2.40. The maximum Gasteiger partial charge on any atom is 0.326 e. The quantitative estimate of drug-likeness (QED) is 0.235. The summed E-state index contributed by atoms with van der Waals surface area (Å²) in [5, 5.41) is 11.4. The number of thiol groups is 1. The third kappa shape index (κ3) is 10.8. The molecule has 0 saturated heterocycles. The van der Waals surface area contributed by atoms with Crippen molar-refractivity contribution < 1.29 is 14.7 Å². The van der Waals surface area contributed by atoms with Gasteiger partial charge in [-0.1, -0.05) is 0 Å². The van der Waals surface area contributed by atoms with Crippen molar-refractivity contribution in [2.45, 2.75) is 37.8 Å². The lowest BCUT2D eigenvalue weighted by atomic mass is 10.1. The third-order valence-corrected chi connectivity index (χ3v) is 2.60. The Balaban J connectivity index is 0. The van der Waals surface area contributed by atoms with Crippen molar-refractivity contribution in [1.29, 1.82) is 0 Å². The lowest BCUT2D eigenvalue weighted by Gasteiger charge is -2.17. The highest BCUT2D eigenvalue weighted by molar-refractivity contribution is 7.80. The Morgan fingerprint density at radius 1 is 1.26 bits per heavy atom. The Morgan fingerprint density at radius 2 is 1.84 bits per heavy atom. The Kier molecular flexibility index (Phi) is 14.7. The Hall–Kier alpha value is -0.830. The van der Waals surface area contributed by atoms with Crippen molar-refractivity contribution in [3.8, 4) is 0 Å². The molecule has 0 rings (SSSR count). The largest absolute Gasteiger partial charge is 0.480 e. The number of rotatable bonds is 9. The van der Waals surface area contributed by atoms with Crippen molar-refractivity contribution in [3.05, 3.63) is 0 Å². The zero-order valence-corrected chi connectivity index (χ0v) is 12.2. The van der Waals surface area contributed by atoms with Crippen LogP contribution in [-0.2, 0) is 9.59 Å². The summed E-state index contributed by atoms with van der Waals surface area (Å²) in [4.78, 5) is 22.4. The van der Waals surface area contributed by atoms with Gasteiger partial charge < -0.3 is 27.6 Å². The third-order valence-electron chi connectivity index (χ3n) is 2.34. The van der Waals surface area contributed by atoms with E-state index in [2.05, 4.69) is 23.7 Å². The monoisotopic (exact) mass is 294 g/mol. The molecular formula is C11H26N4O3S. The van der Waals surface area contributed by atoms with E-state index >= 15 is 0 Å². The highest BCUT2D eigenvalue weighted by Crippen LogP contribution is 2.02. The number of hydrogen-bond donors (Lipinski definition) is 6. The Morgan fingerprint density at radius 3 is 2.26 bits per heavy atom. The van der Waals surface area contributed by atoms with Crippen LogP contribution >= 0.6 is 12.6 Å². The van der Waals surface area contributed by atoms with Gasteiger partial charge in [0.2, 0.25) is 5.91 Å². The van der Waals surface area contributed by atoms with Gasteiger partial charge in [-0.3, -0.25) is 4.79 Å². The number of unbranched alkanes of at least 4 members (excludes halogenated alkanes) is 1. The van der Waals surface area contributed by atoms with E-state index in [0.717, 1.165) is 6.42 Å². The lowest BCUT2D eigenvalue weighted by molar-refractivity contribution is -0.142. The second kappa shape index (κ2) is 13.6. The number of carboxylic acid groups (broad SMARTS) is 1. The first-order chi connectivity index (χ1) is 9.02. The number of carbonyl (C=O) groups excluding carboxylic acids is 1. The smallest absolute Gasteiger partial charge is 0.326 e. The second-order valence-corrected chi connectivity index (χ2v) is 4.25. The molecule has 0 fully saturated rings. The fraction of sp³-hybridized carbons (Fsp3) is 0.818. The first-order valence-electron chi connectivity index (χ1n) is 6.20. The van der Waals surface area contributed by atoms with Crippen LogP contribution in [0.25, 0.3) is 0 Å². The van der Waals surface area contributed by atoms with E-state index in [1.165, 1.54) is 7.05 Å². The summed E-state index contributed by atoms with van der Waals surface area (Å²) in [5.74, 6) is -1.01. The van der Waals surface area contributed by atoms with Gasteiger partial charge in [0.25, 0.3) is 0 Å². The minimum absolute atomic E-state index is 0.367. The van der Waals surface area contributed by atoms with Crippen molar-refractivity contribution >= 4 is 24.5 Å². The predicted octanol–water partition coefficient (Wildman–Crippen LogP) is -1.09. The van der Waals surface area contributed by atoms with Gasteiger partial charge in [0.1, 0.15) is 6.04 Å². The summed E-state index contributed by atoms with van der Waals surface area (Å²) < 4.78 is 0. The lowest BCUT2D eigenvalue weighted by Crippen LogP contribution is -2.48. The molecule has 0 spiro atoms. The van der Waals surface area contributed by atoms with E-state index in [4.69, 9.17) is 16.6 Å². The van der Waals surface area contributed by atoms with Gasteiger partial charge in [0, 0.05) is 0 Å². The maximum atomic E-state index is 11.5. The van der Waals surface area contributed by atoms with Gasteiger partial charge in [-0.2, -0.15) is 12.6 Å². The zero-order chi connectivity index (χ0) is 15.3. The molecular weight excluding hydrogens is 268 g/mol. The number of nitrogens with two attached hydrogens (primary N) is 3. The minimum atomic E-state index is -1.05. The summed E-state index contributed by atoms with van der Waals surface area (Å²) >= 11 is 3.96. The van der Waals surface area contributed by atoms with E-state index in [9.17, 15) is 9.59 Å². The fourth-order valence-electron chi connectivity index (χ4n) is 1.30. The summed E-state index contributed by atoms with van der Waals surface area (Å²) in [7, 11) is 1.50. The van der Waals surface area contributed by atoms with E-state index in [1.807, 2.05) is 0 Å². The van der Waals surface area contributed by atoms with E-state index in [1.54, 1.807) is 0 Å². The zero-order valence-electron chi connectivity index (χ0n) is 11.3. The molecule has 8 N–H and O–H groups in total. The predicted molar refractivity (Wildman–Crippen MR) is 79.0 cm³/mol. The van der Waals surface area contributed by atoms with Gasteiger partial charge in [0.15, 0.2) is 0 Å². The standard InChI is InChI=1S/C10H21N3O3S.CH5N/c11-5-2-1-3-8(10(15)16)13-9(14)7(12)4-6-17;1-2/h7-8,17H,1-6,11-12H2,(H,13,14)(H,15,16);2H2,1H3/t7-,8-;/m0./s1. The topological polar surface area (TPSA) is 144 Å². The maximum absolute atomic E-state index is 11.5. The van der Waals surface area contributed by atoms with Crippen molar-refractivity contribution in [3.63, 3.8) is 0 Å². The molecule has 0 radical (unpaired) electrons. The number of carboxylic acids is 1. The number of hydrogen-bond acceptors (Lipinski definition) is 6. The molecule has 7 nitrogen and oxygen atoms in total. The fourth-order valence-corrected chi connectivity index (χ4v) is 1.58. The summed E-state index contributed by atoms with van der Waals surface area (Å²) in [6, 6.07) is -1.59. The van der Waals surface area contributed by atoms with Crippen molar-refractivity contribution in [1.82, 2.24) is 5.32 Å². The van der Waals surface area contributed by atoms with Crippen LogP contribution in [0.2, 0.25) is 0 Å². The first-order valence-corrected chi connectivity index (χ1v) is 6.83. The van der Waals surface area contributed by atoms with Crippen LogP contribution in [-0.4, -0.2) is 48.4 Å². The number of nitrogens with one attached hydrogen (secondary N) is 1. The molecule has 0 aromatic rings. The molecule has 8 heteroatoms. The van der Waals surface area contributed by atoms with Gasteiger partial charge in [-0.15, -0.1) is 0 Å². The molecule has 0 heterocycles. The van der Waals surface area contributed by atoms with Crippen LogP contribution in [0.5, 0.6) is 0 Å². The molecule has 0 aromatic carbocycles. The highest BCUT2D eigenvalue weighted by Gasteiger charge is 2.22. The SMILES string of the molecule is CN.NCCCC[C@H](NC(=O)[C@@H](N)CCS)C(=O)O. The van der Waals surface area contributed by atoms with Crippen LogP contribution in [0.1, 0.15) is 25.7 Å². The molecule has 0 bridgehead atoms. The van der Waals surface area contributed by atoms with Gasteiger partial charge in [-0.25, -0.2) is 4.79 Å². The second-order valence-electron chi connectivity index (χ2n) is 3.80. The van der Waals surface area contributed by atoms with Crippen LogP contribution in [0.3, 0.4) is 0 Å². The van der Waals surface area contributed by atoms with E-state index in [0.29, 0.717) is 31.6 Å². The van der Waals surface area contributed by atoms with E-state index in [-0.39, 0.29) is 0 Å². The number of carbonyl (C=O) groups is 2. The van der Waals surface area contributed by atoms with Crippen molar-refractivity contribution in [2.24, 2.45) is 17.2 Å². The van der Waals surface area contributed by atoms with Crippen LogP contribution < -0.4 is 22.5 Å². The molecule has 114 valence electrons. The number of aliphatic carboxylic acids is 1. The molecule has 0 aromatic heterocycles. The van der Waals surface area contributed by atoms with Gasteiger partial charge in [0.05, 0.1) is 6.04 Å². The summed E-state index contributed by atoms with van der Waals surface area (Å²) in [6.45, 7) is 0.513. The molecule has 0 unspecified atom stereocenters. The summed E-state index contributed by atoms with van der Waals surface area (Å²) in [6.07, 6.45) is 2.19. The molecule has 1 amide bonds. The molecule has 19 heavy (non-hydrogen) atoms. The molecule has 0 aliphatic rings. The van der Waals surface area contributed by atoms with Gasteiger partial charge in [-0.05, 0) is 45.0 Å². The molecule has 0 saturated carbocycles. The minimum Gasteiger partial charge on any atom is -0.480 e. The van der Waals surface area contributed by atoms with E-state index < -0.39 is 24.0 Å². The normalized spacial score (nSPS) is 12.9. The van der Waals surface area contributed by atoms with Crippen LogP contribution in [0, 0.1) is 0 Å².